The number of aryl methyl sites for hydroxylation is 1. The normalized spacial score (nSPS) is 18.2. The van der Waals surface area contributed by atoms with Crippen molar-refractivity contribution in [1.82, 2.24) is 19.7 Å². The van der Waals surface area contributed by atoms with Crippen LogP contribution in [0.1, 0.15) is 51.3 Å². The maximum atomic E-state index is 12.4. The first kappa shape index (κ1) is 15.9. The summed E-state index contributed by atoms with van der Waals surface area (Å²) in [4.78, 5) is 18.2. The first-order valence-corrected chi connectivity index (χ1v) is 7.81. The van der Waals surface area contributed by atoms with Gasteiger partial charge in [0, 0.05) is 14.1 Å². The zero-order valence-corrected chi connectivity index (χ0v) is 13.3. The molecule has 6 heteroatoms. The lowest BCUT2D eigenvalue weighted by atomic mass is 10.1. The van der Waals surface area contributed by atoms with Crippen LogP contribution >= 0.6 is 0 Å². The maximum absolute atomic E-state index is 12.4. The number of hydrogen-bond acceptors (Lipinski definition) is 4. The molecule has 2 rings (SSSR count). The summed E-state index contributed by atoms with van der Waals surface area (Å²) in [7, 11) is 3.61. The first-order chi connectivity index (χ1) is 10.1. The van der Waals surface area contributed by atoms with Crippen LogP contribution in [-0.2, 0) is 23.1 Å². The van der Waals surface area contributed by atoms with E-state index >= 15 is 0 Å². The van der Waals surface area contributed by atoms with Gasteiger partial charge in [0.1, 0.15) is 18.3 Å². The van der Waals surface area contributed by atoms with Gasteiger partial charge < -0.3 is 9.64 Å². The van der Waals surface area contributed by atoms with E-state index in [1.807, 2.05) is 14.0 Å². The van der Waals surface area contributed by atoms with E-state index in [0.717, 1.165) is 18.7 Å². The van der Waals surface area contributed by atoms with E-state index in [1.54, 1.807) is 16.6 Å². The molecular weight excluding hydrogens is 268 g/mol. The Morgan fingerprint density at radius 2 is 2.10 bits per heavy atom. The maximum Gasteiger partial charge on any atom is 0.251 e. The summed E-state index contributed by atoms with van der Waals surface area (Å²) < 4.78 is 7.65. The fourth-order valence-electron chi connectivity index (χ4n) is 2.79. The minimum atomic E-state index is -0.397. The molecule has 0 aliphatic heterocycles. The second-order valence-corrected chi connectivity index (χ2v) is 5.89. The summed E-state index contributed by atoms with van der Waals surface area (Å²) in [6, 6.07) is 0. The van der Waals surface area contributed by atoms with E-state index < -0.39 is 6.10 Å². The summed E-state index contributed by atoms with van der Waals surface area (Å²) >= 11 is 0. The lowest BCUT2D eigenvalue weighted by Gasteiger charge is -2.24. The molecule has 0 unspecified atom stereocenters. The highest BCUT2D eigenvalue weighted by Crippen LogP contribution is 2.21. The van der Waals surface area contributed by atoms with Gasteiger partial charge in [-0.1, -0.05) is 25.7 Å². The van der Waals surface area contributed by atoms with Crippen molar-refractivity contribution in [3.05, 3.63) is 12.2 Å². The highest BCUT2D eigenvalue weighted by atomic mass is 16.5. The minimum Gasteiger partial charge on any atom is -0.365 e. The first-order valence-electron chi connectivity index (χ1n) is 7.81. The van der Waals surface area contributed by atoms with Gasteiger partial charge in [-0.15, -0.1) is 0 Å². The molecule has 21 heavy (non-hydrogen) atoms. The van der Waals surface area contributed by atoms with Crippen molar-refractivity contribution < 1.29 is 9.53 Å². The van der Waals surface area contributed by atoms with Crippen LogP contribution in [-0.4, -0.2) is 44.8 Å². The number of hydrogen-bond donors (Lipinski definition) is 0. The van der Waals surface area contributed by atoms with Crippen LogP contribution in [0.2, 0.25) is 0 Å². The van der Waals surface area contributed by atoms with Gasteiger partial charge in [-0.3, -0.25) is 9.48 Å². The molecule has 0 aromatic carbocycles. The van der Waals surface area contributed by atoms with Crippen molar-refractivity contribution >= 4 is 5.91 Å². The summed E-state index contributed by atoms with van der Waals surface area (Å²) in [5.74, 6) is 0.773. The van der Waals surface area contributed by atoms with Gasteiger partial charge in [0.2, 0.25) is 0 Å². The summed E-state index contributed by atoms with van der Waals surface area (Å²) in [6.45, 7) is 2.30. The second-order valence-electron chi connectivity index (χ2n) is 5.89. The lowest BCUT2D eigenvalue weighted by Crippen LogP contribution is -2.38. The van der Waals surface area contributed by atoms with Crippen molar-refractivity contribution in [3.63, 3.8) is 0 Å². The molecule has 0 saturated heterocycles. The van der Waals surface area contributed by atoms with Crippen molar-refractivity contribution in [3.8, 4) is 0 Å². The number of aromatic nitrogens is 3. The molecule has 0 N–H and O–H groups in total. The molecule has 1 fully saturated rings. The molecule has 1 aliphatic rings. The van der Waals surface area contributed by atoms with E-state index in [9.17, 15) is 4.79 Å². The van der Waals surface area contributed by atoms with Gasteiger partial charge in [-0.25, -0.2) is 4.98 Å². The van der Waals surface area contributed by atoms with Gasteiger partial charge >= 0.3 is 0 Å². The summed E-state index contributed by atoms with van der Waals surface area (Å²) in [5.41, 5.74) is 0. The molecule has 0 bridgehead atoms. The Hall–Kier alpha value is -1.43. The van der Waals surface area contributed by atoms with Gasteiger partial charge in [-0.05, 0) is 19.8 Å². The minimum absolute atomic E-state index is 0.00208. The average Bonchev–Trinajstić information content (AvgIpc) is 2.71. The van der Waals surface area contributed by atoms with Crippen LogP contribution in [0.15, 0.2) is 6.33 Å². The van der Waals surface area contributed by atoms with E-state index in [4.69, 9.17) is 4.74 Å². The zero-order chi connectivity index (χ0) is 15.2. The van der Waals surface area contributed by atoms with Crippen molar-refractivity contribution in [2.45, 2.75) is 64.2 Å². The zero-order valence-electron chi connectivity index (χ0n) is 13.3. The van der Waals surface area contributed by atoms with E-state index in [0.29, 0.717) is 6.54 Å². The topological polar surface area (TPSA) is 60.2 Å². The van der Waals surface area contributed by atoms with E-state index in [2.05, 4.69) is 10.1 Å². The lowest BCUT2D eigenvalue weighted by molar-refractivity contribution is -0.146. The summed E-state index contributed by atoms with van der Waals surface area (Å²) in [6.07, 6.45) is 8.47. The monoisotopic (exact) mass is 294 g/mol. The number of carbonyl (C=O) groups is 1. The second kappa shape index (κ2) is 7.54. The van der Waals surface area contributed by atoms with Crippen LogP contribution in [0.4, 0.5) is 0 Å². The molecule has 1 atom stereocenters. The molecule has 6 nitrogen and oxygen atoms in total. The van der Waals surface area contributed by atoms with Gasteiger partial charge in [0.15, 0.2) is 0 Å². The van der Waals surface area contributed by atoms with Gasteiger partial charge in [0.25, 0.3) is 5.91 Å². The Morgan fingerprint density at radius 3 is 2.67 bits per heavy atom. The number of nitrogens with zero attached hydrogens (tertiary/aromatic N) is 4. The van der Waals surface area contributed by atoms with Crippen molar-refractivity contribution in [1.29, 1.82) is 0 Å². The molecular formula is C15H26N4O2. The molecule has 0 spiro atoms. The molecule has 1 amide bonds. The predicted molar refractivity (Wildman–Crippen MR) is 79.5 cm³/mol. The van der Waals surface area contributed by atoms with Crippen LogP contribution in [0.25, 0.3) is 0 Å². The third-order valence-electron chi connectivity index (χ3n) is 4.11. The Morgan fingerprint density at radius 1 is 1.43 bits per heavy atom. The molecule has 1 heterocycles. The Balaban J connectivity index is 1.84. The molecule has 1 saturated carbocycles. The highest BCUT2D eigenvalue weighted by Gasteiger charge is 2.23. The molecule has 1 aliphatic carbocycles. The van der Waals surface area contributed by atoms with Crippen molar-refractivity contribution in [2.24, 2.45) is 7.05 Å². The number of ether oxygens (including phenoxy) is 1. The van der Waals surface area contributed by atoms with Crippen molar-refractivity contribution in [2.75, 3.05) is 7.05 Å². The predicted octanol–water partition coefficient (Wildman–Crippen LogP) is 1.90. The SMILES string of the molecule is C[C@@H](OC1CCCCCC1)C(=O)N(C)Cc1ncnn1C. The van der Waals surface area contributed by atoms with Crippen LogP contribution in [0.5, 0.6) is 0 Å². The quantitative estimate of drug-likeness (QED) is 0.778. The number of likely N-dealkylation sites (N-methyl/N-ethyl adjacent to an activating group) is 1. The van der Waals surface area contributed by atoms with Gasteiger partial charge in [0.05, 0.1) is 12.6 Å². The smallest absolute Gasteiger partial charge is 0.251 e. The van der Waals surface area contributed by atoms with Crippen LogP contribution < -0.4 is 0 Å². The van der Waals surface area contributed by atoms with E-state index in [-0.39, 0.29) is 12.0 Å². The third kappa shape index (κ3) is 4.52. The largest absolute Gasteiger partial charge is 0.365 e. The molecule has 118 valence electrons. The standard InChI is InChI=1S/C15H26N4O2/c1-12(21-13-8-6-4-5-7-9-13)15(20)18(2)10-14-16-11-17-19(14)3/h11-13H,4-10H2,1-3H3/t12-/m1/s1. The molecule has 0 radical (unpaired) electrons. The average molecular weight is 294 g/mol. The van der Waals surface area contributed by atoms with Crippen LogP contribution in [0.3, 0.4) is 0 Å². The number of rotatable bonds is 5. The number of amides is 1. The van der Waals surface area contributed by atoms with E-state index in [1.165, 1.54) is 32.0 Å². The molecule has 1 aromatic heterocycles. The Labute approximate surface area is 126 Å². The van der Waals surface area contributed by atoms with Gasteiger partial charge in [-0.2, -0.15) is 5.10 Å². The number of carbonyl (C=O) groups excluding carboxylic acids is 1. The van der Waals surface area contributed by atoms with Crippen LogP contribution in [0, 0.1) is 0 Å². The highest BCUT2D eigenvalue weighted by molar-refractivity contribution is 5.80. The fraction of sp³-hybridized carbons (Fsp3) is 0.800. The summed E-state index contributed by atoms with van der Waals surface area (Å²) in [5, 5.41) is 4.01. The fourth-order valence-corrected chi connectivity index (χ4v) is 2.79. The Kier molecular flexibility index (Phi) is 5.73. The molecule has 1 aromatic rings. The Bertz CT molecular complexity index is 452. The third-order valence-corrected chi connectivity index (χ3v) is 4.11.